The van der Waals surface area contributed by atoms with Gasteiger partial charge in [0.1, 0.15) is 0 Å². The summed E-state index contributed by atoms with van der Waals surface area (Å²) in [7, 11) is 2.23. The Hall–Kier alpha value is -1.10. The molecule has 0 atom stereocenters. The second kappa shape index (κ2) is 7.25. The van der Waals surface area contributed by atoms with Gasteiger partial charge in [0, 0.05) is 24.5 Å². The van der Waals surface area contributed by atoms with E-state index in [4.69, 9.17) is 5.10 Å². The lowest BCUT2D eigenvalue weighted by molar-refractivity contribution is 0.190. The molecule has 1 N–H and O–H groups in total. The maximum absolute atomic E-state index is 4.80. The summed E-state index contributed by atoms with van der Waals surface area (Å²) in [6.07, 6.45) is 2.48. The van der Waals surface area contributed by atoms with Crippen LogP contribution in [-0.4, -0.2) is 40.9 Å². The second-order valence-corrected chi connectivity index (χ2v) is 5.68. The van der Waals surface area contributed by atoms with Gasteiger partial charge in [0.25, 0.3) is 0 Å². The Labute approximate surface area is 132 Å². The number of aromatic nitrogens is 2. The number of para-hydroxylation sites is 1. The van der Waals surface area contributed by atoms with Gasteiger partial charge in [0.15, 0.2) is 0 Å². The summed E-state index contributed by atoms with van der Waals surface area (Å²) < 4.78 is 2.11. The lowest BCUT2D eigenvalue weighted by Gasteiger charge is -2.31. The summed E-state index contributed by atoms with van der Waals surface area (Å²) in [5.74, 6) is 0. The van der Waals surface area contributed by atoms with Gasteiger partial charge in [-0.2, -0.15) is 5.10 Å². The molecule has 0 radical (unpaired) electrons. The van der Waals surface area contributed by atoms with Crippen LogP contribution in [0.2, 0.25) is 0 Å². The normalized spacial score (nSPS) is 16.3. The zero-order valence-corrected chi connectivity index (χ0v) is 13.7. The summed E-state index contributed by atoms with van der Waals surface area (Å²) in [4.78, 5) is 2.47. The van der Waals surface area contributed by atoms with E-state index in [-0.39, 0.29) is 12.4 Å². The van der Waals surface area contributed by atoms with Gasteiger partial charge in [-0.15, -0.1) is 12.4 Å². The number of aryl methyl sites for hydroxylation is 1. The molecule has 0 saturated carbocycles. The van der Waals surface area contributed by atoms with Gasteiger partial charge in [0.05, 0.1) is 11.2 Å². The minimum Gasteiger partial charge on any atom is -0.317 e. The Morgan fingerprint density at radius 2 is 2.00 bits per heavy atom. The van der Waals surface area contributed by atoms with Crippen molar-refractivity contribution in [2.24, 2.45) is 0 Å². The minimum absolute atomic E-state index is 0. The number of piperidine rings is 1. The fraction of sp³-hybridized carbons (Fsp3) is 0.562. The highest BCUT2D eigenvalue weighted by Crippen LogP contribution is 2.21. The van der Waals surface area contributed by atoms with Crippen molar-refractivity contribution in [1.29, 1.82) is 0 Å². The highest BCUT2D eigenvalue weighted by atomic mass is 35.5. The van der Waals surface area contributed by atoms with Crippen LogP contribution >= 0.6 is 12.4 Å². The fourth-order valence-corrected chi connectivity index (χ4v) is 3.17. The van der Waals surface area contributed by atoms with Gasteiger partial charge in [-0.3, -0.25) is 9.58 Å². The molecule has 0 spiro atoms. The van der Waals surface area contributed by atoms with Gasteiger partial charge in [0.2, 0.25) is 0 Å². The zero-order chi connectivity index (χ0) is 13.9. The summed E-state index contributed by atoms with van der Waals surface area (Å²) in [6, 6.07) is 9.25. The average Bonchev–Trinajstić information content (AvgIpc) is 2.86. The van der Waals surface area contributed by atoms with Crippen LogP contribution in [0.25, 0.3) is 10.9 Å². The van der Waals surface area contributed by atoms with E-state index in [9.17, 15) is 0 Å². The van der Waals surface area contributed by atoms with Crippen LogP contribution in [0, 0.1) is 0 Å². The molecule has 116 valence electrons. The lowest BCUT2D eigenvalue weighted by atomic mass is 10.0. The number of rotatable bonds is 4. The van der Waals surface area contributed by atoms with Crippen LogP contribution in [0.15, 0.2) is 24.3 Å². The summed E-state index contributed by atoms with van der Waals surface area (Å²) in [6.45, 7) is 6.30. The third-order valence-corrected chi connectivity index (χ3v) is 4.37. The molecule has 1 aromatic heterocycles. The first-order valence-electron chi connectivity index (χ1n) is 7.65. The largest absolute Gasteiger partial charge is 0.317 e. The Balaban J connectivity index is 0.00000161. The van der Waals surface area contributed by atoms with E-state index in [0.717, 1.165) is 26.2 Å². The number of nitrogens with zero attached hydrogens (tertiary/aromatic N) is 3. The quantitative estimate of drug-likeness (QED) is 0.942. The zero-order valence-electron chi connectivity index (χ0n) is 12.9. The molecule has 1 aliphatic rings. The van der Waals surface area contributed by atoms with Crippen LogP contribution in [-0.2, 0) is 13.1 Å². The number of hydrogen-bond donors (Lipinski definition) is 1. The van der Waals surface area contributed by atoms with E-state index in [2.05, 4.69) is 53.1 Å². The summed E-state index contributed by atoms with van der Waals surface area (Å²) in [5, 5.41) is 9.53. The first-order valence-corrected chi connectivity index (χ1v) is 7.65. The summed E-state index contributed by atoms with van der Waals surface area (Å²) >= 11 is 0. The van der Waals surface area contributed by atoms with Crippen molar-refractivity contribution >= 4 is 23.3 Å². The molecule has 1 aromatic carbocycles. The smallest absolute Gasteiger partial charge is 0.0843 e. The molecule has 21 heavy (non-hydrogen) atoms. The van der Waals surface area contributed by atoms with E-state index in [0.29, 0.717) is 6.04 Å². The van der Waals surface area contributed by atoms with E-state index in [1.807, 2.05) is 0 Å². The van der Waals surface area contributed by atoms with Crippen molar-refractivity contribution in [3.05, 3.63) is 30.0 Å². The average molecular weight is 309 g/mol. The number of halogens is 1. The minimum atomic E-state index is 0. The van der Waals surface area contributed by atoms with Crippen molar-refractivity contribution in [2.45, 2.75) is 38.9 Å². The van der Waals surface area contributed by atoms with Crippen molar-refractivity contribution in [3.63, 3.8) is 0 Å². The second-order valence-electron chi connectivity index (χ2n) is 5.68. The molecular formula is C16H25ClN4. The topological polar surface area (TPSA) is 33.1 Å². The maximum atomic E-state index is 4.80. The molecule has 5 heteroatoms. The van der Waals surface area contributed by atoms with E-state index in [1.54, 1.807) is 0 Å². The molecule has 0 bridgehead atoms. The molecule has 1 aliphatic heterocycles. The van der Waals surface area contributed by atoms with Gasteiger partial charge in [-0.1, -0.05) is 18.2 Å². The molecule has 2 aromatic rings. The van der Waals surface area contributed by atoms with Crippen molar-refractivity contribution < 1.29 is 0 Å². The fourth-order valence-electron chi connectivity index (χ4n) is 3.17. The Morgan fingerprint density at radius 1 is 1.29 bits per heavy atom. The highest BCUT2D eigenvalue weighted by Gasteiger charge is 2.19. The standard InChI is InChI=1S/C16H24N4.ClH/c1-3-20-16-7-5-4-6-14(16)15(18-20)12-19(2)13-8-10-17-11-9-13;/h4-7,13,17H,3,8-12H2,1-2H3;1H. The number of hydrogen-bond acceptors (Lipinski definition) is 3. The van der Waals surface area contributed by atoms with Gasteiger partial charge < -0.3 is 5.32 Å². The molecule has 1 saturated heterocycles. The third kappa shape index (κ3) is 3.39. The molecular weight excluding hydrogens is 284 g/mol. The van der Waals surface area contributed by atoms with E-state index in [1.165, 1.54) is 29.4 Å². The molecule has 1 fully saturated rings. The Bertz CT molecular complexity index is 575. The maximum Gasteiger partial charge on any atom is 0.0843 e. The molecule has 0 unspecified atom stereocenters. The van der Waals surface area contributed by atoms with Crippen LogP contribution in [0.4, 0.5) is 0 Å². The number of nitrogens with one attached hydrogen (secondary N) is 1. The SMILES string of the molecule is CCn1nc(CN(C)C2CCNCC2)c2ccccc21.Cl. The van der Waals surface area contributed by atoms with E-state index >= 15 is 0 Å². The monoisotopic (exact) mass is 308 g/mol. The molecule has 4 nitrogen and oxygen atoms in total. The number of benzene rings is 1. The van der Waals surface area contributed by atoms with Crippen molar-refractivity contribution in [3.8, 4) is 0 Å². The first-order chi connectivity index (χ1) is 9.79. The van der Waals surface area contributed by atoms with Crippen LogP contribution in [0.3, 0.4) is 0 Å². The Morgan fingerprint density at radius 3 is 2.71 bits per heavy atom. The molecule has 0 amide bonds. The van der Waals surface area contributed by atoms with Gasteiger partial charge >= 0.3 is 0 Å². The highest BCUT2D eigenvalue weighted by molar-refractivity contribution is 5.85. The summed E-state index contributed by atoms with van der Waals surface area (Å²) in [5.41, 5.74) is 2.46. The van der Waals surface area contributed by atoms with Crippen LogP contribution < -0.4 is 5.32 Å². The number of fused-ring (bicyclic) bond motifs is 1. The molecule has 2 heterocycles. The molecule has 0 aliphatic carbocycles. The van der Waals surface area contributed by atoms with Crippen molar-refractivity contribution in [1.82, 2.24) is 20.0 Å². The third-order valence-electron chi connectivity index (χ3n) is 4.37. The van der Waals surface area contributed by atoms with Crippen molar-refractivity contribution in [2.75, 3.05) is 20.1 Å². The first kappa shape index (κ1) is 16.3. The Kier molecular flexibility index (Phi) is 5.62. The van der Waals surface area contributed by atoms with Gasteiger partial charge in [-0.25, -0.2) is 0 Å². The molecule has 3 rings (SSSR count). The van der Waals surface area contributed by atoms with Gasteiger partial charge in [-0.05, 0) is 46.0 Å². The predicted octanol–water partition coefficient (Wildman–Crippen LogP) is 2.66. The van der Waals surface area contributed by atoms with Crippen LogP contribution in [0.5, 0.6) is 0 Å². The lowest BCUT2D eigenvalue weighted by Crippen LogP contribution is -2.40. The van der Waals surface area contributed by atoms with Crippen LogP contribution in [0.1, 0.15) is 25.5 Å². The van der Waals surface area contributed by atoms with E-state index < -0.39 is 0 Å². The predicted molar refractivity (Wildman–Crippen MR) is 90.0 cm³/mol.